The Morgan fingerprint density at radius 1 is 1.00 bits per heavy atom. The van der Waals surface area contributed by atoms with Crippen LogP contribution in [0.1, 0.15) is 21.6 Å². The fraction of sp³-hybridized carbons (Fsp3) is 0.100. The summed E-state index contributed by atoms with van der Waals surface area (Å²) in [5.74, 6) is -0.160. The van der Waals surface area contributed by atoms with Crippen molar-refractivity contribution in [1.29, 1.82) is 0 Å². The average Bonchev–Trinajstić information content (AvgIpc) is 2.71. The Morgan fingerprint density at radius 2 is 1.80 bits per heavy atom. The molecule has 0 unspecified atom stereocenters. The molecule has 6 nitrogen and oxygen atoms in total. The van der Waals surface area contributed by atoms with Crippen LogP contribution in [0, 0.1) is 0 Å². The number of carbonyl (C=O) groups is 1. The monoisotopic (exact) mass is 671 g/mol. The summed E-state index contributed by atoms with van der Waals surface area (Å²) in [4.78, 5) is 12.7. The van der Waals surface area contributed by atoms with Crippen molar-refractivity contribution in [2.45, 2.75) is 13.5 Å². The van der Waals surface area contributed by atoms with E-state index in [1.165, 1.54) is 6.21 Å². The Labute approximate surface area is 218 Å². The molecule has 1 aromatic carbocycles. The number of halogens is 4. The molecule has 3 aromatic rings. The fourth-order valence-electron chi connectivity index (χ4n) is 2.57. The number of hydrogen-bond donors (Lipinski definition) is 1. The van der Waals surface area contributed by atoms with Crippen LogP contribution in [0.2, 0.25) is 10.0 Å². The summed E-state index contributed by atoms with van der Waals surface area (Å²) in [6.45, 7) is 0.486. The van der Waals surface area contributed by atoms with Crippen LogP contribution in [0.5, 0.6) is 0 Å². The zero-order chi connectivity index (χ0) is 19.9. The molecule has 0 atom stereocenters. The molecule has 158 valence electrons. The minimum atomic E-state index is -0.160. The van der Waals surface area contributed by atoms with Crippen LogP contribution in [0.15, 0.2) is 72.3 Å². The van der Waals surface area contributed by atoms with Gasteiger partial charge >= 0.3 is 0 Å². The molecule has 0 aliphatic rings. The molecular weight excluding hydrogens is 655 g/mol. The van der Waals surface area contributed by atoms with Gasteiger partial charge in [-0.3, -0.25) is 9.53 Å². The molecule has 0 bridgehead atoms. The third kappa shape index (κ3) is 7.12. The van der Waals surface area contributed by atoms with E-state index in [1.807, 2.05) is 18.3 Å². The predicted molar refractivity (Wildman–Crippen MR) is 104 cm³/mol. The molecule has 10 heteroatoms. The topological polar surface area (TPSA) is 66.7 Å². The Balaban J connectivity index is 0.00000225. The largest absolute Gasteiger partial charge is 1.00 e. The summed E-state index contributed by atoms with van der Waals surface area (Å²) in [7, 11) is 0. The molecule has 1 N–H and O–H groups in total. The van der Waals surface area contributed by atoms with Crippen molar-refractivity contribution in [3.8, 4) is 0 Å². The molecule has 0 aliphatic heterocycles. The van der Waals surface area contributed by atoms with Gasteiger partial charge < -0.3 is 53.2 Å². The van der Waals surface area contributed by atoms with Crippen LogP contribution in [0.25, 0.3) is 0 Å². The van der Waals surface area contributed by atoms with Gasteiger partial charge in [-0.05, 0) is 30.3 Å². The minimum Gasteiger partial charge on any atom is -1.00 e. The van der Waals surface area contributed by atoms with Gasteiger partial charge in [0.05, 0.1) is 15.6 Å². The van der Waals surface area contributed by atoms with Crippen molar-refractivity contribution < 1.29 is 71.8 Å². The van der Waals surface area contributed by atoms with Crippen molar-refractivity contribution >= 4 is 35.2 Å². The van der Waals surface area contributed by atoms with E-state index in [-0.39, 0.29) is 67.2 Å². The third-order valence-corrected chi connectivity index (χ3v) is 4.68. The number of oxime groups is 1. The van der Waals surface area contributed by atoms with E-state index in [2.05, 4.69) is 5.16 Å². The summed E-state index contributed by atoms with van der Waals surface area (Å²) in [5, 5.41) is 12.5. The number of ether oxygens (including phenoxy) is 1. The lowest BCUT2D eigenvalue weighted by Crippen LogP contribution is -3.00. The number of nitrogens with zero attached hydrogens (tertiary/aromatic N) is 3. The molecule has 2 heterocycles. The molecule has 30 heavy (non-hydrogen) atoms. The minimum absolute atomic E-state index is 0. The summed E-state index contributed by atoms with van der Waals surface area (Å²) < 4.78 is 9.24. The van der Waals surface area contributed by atoms with Gasteiger partial charge in [-0.15, -0.1) is 0 Å². The van der Waals surface area contributed by atoms with Crippen LogP contribution in [-0.4, -0.2) is 17.2 Å². The SMILES string of the molecule is O=C(c1ccc(Cl)c(Cl)c1)c1ccc[n+](COC[n+]2ccccc2C=NO)c1.[I-].[I-]. The first-order valence-corrected chi connectivity index (χ1v) is 9.06. The third-order valence-electron chi connectivity index (χ3n) is 3.94. The summed E-state index contributed by atoms with van der Waals surface area (Å²) >= 11 is 11.9. The average molecular weight is 672 g/mol. The lowest BCUT2D eigenvalue weighted by Gasteiger charge is -2.03. The standard InChI is InChI=1S/C20H16Cl2N3O3.2HI/c21-18-7-6-15(10-19(18)22)20(26)16-4-3-8-24(12-16)13-28-14-25-9-2-1-5-17(25)11-23-27;;/h1-12H,13-14H2;2*1H/q+1;;/p-1. The van der Waals surface area contributed by atoms with Crippen molar-refractivity contribution in [1.82, 2.24) is 0 Å². The first-order valence-electron chi connectivity index (χ1n) is 8.31. The van der Waals surface area contributed by atoms with E-state index in [0.717, 1.165) is 0 Å². The zero-order valence-electron chi connectivity index (χ0n) is 15.5. The highest BCUT2D eigenvalue weighted by atomic mass is 127. The molecule has 0 amide bonds. The zero-order valence-corrected chi connectivity index (χ0v) is 21.3. The van der Waals surface area contributed by atoms with E-state index < -0.39 is 0 Å². The van der Waals surface area contributed by atoms with Gasteiger partial charge in [-0.2, -0.15) is 9.13 Å². The molecule has 0 aliphatic carbocycles. The number of hydrogen-bond acceptors (Lipinski definition) is 4. The van der Waals surface area contributed by atoms with E-state index in [9.17, 15) is 4.79 Å². The highest BCUT2D eigenvalue weighted by molar-refractivity contribution is 6.42. The highest BCUT2D eigenvalue weighted by Gasteiger charge is 2.15. The Kier molecular flexibility index (Phi) is 11.7. The van der Waals surface area contributed by atoms with Gasteiger partial charge in [0.2, 0.25) is 5.69 Å². The van der Waals surface area contributed by atoms with Gasteiger partial charge in [0.1, 0.15) is 6.21 Å². The number of rotatable bonds is 7. The van der Waals surface area contributed by atoms with Crippen LogP contribution in [-0.2, 0) is 18.2 Å². The maximum Gasteiger partial charge on any atom is 0.258 e. The van der Waals surface area contributed by atoms with Crippen LogP contribution in [0.4, 0.5) is 0 Å². The van der Waals surface area contributed by atoms with Gasteiger partial charge in [0, 0.05) is 23.8 Å². The van der Waals surface area contributed by atoms with Crippen molar-refractivity contribution in [2.24, 2.45) is 5.16 Å². The fourth-order valence-corrected chi connectivity index (χ4v) is 2.87. The smallest absolute Gasteiger partial charge is 0.258 e. The predicted octanol–water partition coefficient (Wildman–Crippen LogP) is -2.75. The Bertz CT molecular complexity index is 1040. The normalized spacial score (nSPS) is 10.3. The maximum atomic E-state index is 12.7. The van der Waals surface area contributed by atoms with Gasteiger partial charge in [-0.1, -0.05) is 28.4 Å². The van der Waals surface area contributed by atoms with E-state index >= 15 is 0 Å². The van der Waals surface area contributed by atoms with Crippen LogP contribution < -0.4 is 57.1 Å². The molecule has 0 saturated carbocycles. The van der Waals surface area contributed by atoms with Crippen molar-refractivity contribution in [3.05, 3.63) is 94.0 Å². The molecule has 3 rings (SSSR count). The molecule has 2 aromatic heterocycles. The first kappa shape index (κ1) is 26.7. The van der Waals surface area contributed by atoms with Gasteiger partial charge in [-0.25, -0.2) is 0 Å². The highest BCUT2D eigenvalue weighted by Crippen LogP contribution is 2.23. The molecule has 0 fully saturated rings. The van der Waals surface area contributed by atoms with Crippen molar-refractivity contribution in [2.75, 3.05) is 0 Å². The van der Waals surface area contributed by atoms with E-state index in [1.54, 1.807) is 57.9 Å². The summed E-state index contributed by atoms with van der Waals surface area (Å²) in [6, 6.07) is 13.8. The summed E-state index contributed by atoms with van der Waals surface area (Å²) in [5.41, 5.74) is 1.66. The number of benzene rings is 1. The van der Waals surface area contributed by atoms with E-state index in [4.69, 9.17) is 33.1 Å². The van der Waals surface area contributed by atoms with Crippen LogP contribution in [0.3, 0.4) is 0 Å². The quantitative estimate of drug-likeness (QED) is 0.0741. The number of aromatic nitrogens is 2. The second-order valence-electron chi connectivity index (χ2n) is 5.87. The van der Waals surface area contributed by atoms with E-state index in [0.29, 0.717) is 26.9 Å². The number of carbonyl (C=O) groups excluding carboxylic acids is 1. The molecule has 0 saturated heterocycles. The van der Waals surface area contributed by atoms with Gasteiger partial charge in [0.25, 0.3) is 13.5 Å². The van der Waals surface area contributed by atoms with Crippen molar-refractivity contribution in [3.63, 3.8) is 0 Å². The maximum absolute atomic E-state index is 12.7. The first-order chi connectivity index (χ1) is 13.6. The molecular formula is C20H17Cl2I2N3O3. The Morgan fingerprint density at radius 3 is 2.53 bits per heavy atom. The lowest BCUT2D eigenvalue weighted by molar-refractivity contribution is -0.788. The second-order valence-corrected chi connectivity index (χ2v) is 6.68. The molecule has 0 spiro atoms. The molecule has 0 radical (unpaired) electrons. The lowest BCUT2D eigenvalue weighted by atomic mass is 10.1. The summed E-state index contributed by atoms with van der Waals surface area (Å²) in [6.07, 6.45) is 6.65. The van der Waals surface area contributed by atoms with Crippen LogP contribution >= 0.6 is 23.2 Å². The number of pyridine rings is 2. The van der Waals surface area contributed by atoms with Gasteiger partial charge in [0.15, 0.2) is 24.4 Å². The second kappa shape index (κ2) is 13.2. The number of ketones is 1. The Hall–Kier alpha value is -1.34.